The van der Waals surface area contributed by atoms with E-state index in [4.69, 9.17) is 0 Å². The van der Waals surface area contributed by atoms with Gasteiger partial charge in [0.05, 0.1) is 15.4 Å². The summed E-state index contributed by atoms with van der Waals surface area (Å²) in [6.45, 7) is 0. The van der Waals surface area contributed by atoms with Gasteiger partial charge in [0.25, 0.3) is 11.4 Å². The number of hydrogen-bond donors (Lipinski definition) is 0. The molecule has 9 nitrogen and oxygen atoms in total. The first-order valence-corrected chi connectivity index (χ1v) is 5.93. The number of nitrogens with zero attached hydrogens (tertiary/aromatic N) is 3. The fourth-order valence-corrected chi connectivity index (χ4v) is 2.47. The van der Waals surface area contributed by atoms with Gasteiger partial charge in [-0.25, -0.2) is 0 Å². The van der Waals surface area contributed by atoms with Crippen LogP contribution in [0.3, 0.4) is 0 Å². The van der Waals surface area contributed by atoms with Crippen LogP contribution in [0, 0.1) is 25.1 Å². The van der Waals surface area contributed by atoms with E-state index in [0.29, 0.717) is 0 Å². The van der Waals surface area contributed by atoms with Gasteiger partial charge in [-0.1, -0.05) is 0 Å². The topological polar surface area (TPSA) is 133 Å². The molecule has 1 aliphatic rings. The summed E-state index contributed by atoms with van der Waals surface area (Å²) in [5.41, 5.74) is -0.762. The molecule has 0 fully saturated rings. The van der Waals surface area contributed by atoms with Crippen molar-refractivity contribution in [1.82, 2.24) is 0 Å². The van der Waals surface area contributed by atoms with Gasteiger partial charge < -0.3 is 0 Å². The molecule has 0 bridgehead atoms. The Morgan fingerprint density at radius 3 is 2.23 bits per heavy atom. The molecule has 1 aliphatic carbocycles. The molecule has 2 aromatic rings. The predicted octanol–water partition coefficient (Wildman–Crippen LogP) is 3.11. The van der Waals surface area contributed by atoms with Gasteiger partial charge in [-0.2, -0.15) is 0 Å². The third-order valence-corrected chi connectivity index (χ3v) is 3.38. The van der Waals surface area contributed by atoms with Crippen molar-refractivity contribution in [2.24, 2.45) is 5.18 Å². The van der Waals surface area contributed by atoms with E-state index in [-0.39, 0.29) is 33.6 Å². The number of nitroso groups, excluding NO2 is 1. The van der Waals surface area contributed by atoms with Crippen LogP contribution < -0.4 is 0 Å². The number of benzene rings is 2. The number of fused-ring (bicyclic) bond motifs is 3. The van der Waals surface area contributed by atoms with Crippen LogP contribution in [0.25, 0.3) is 11.1 Å². The SMILES string of the molecule is O=Nc1cc2c(c([N+](=O)[O-])c1)-c1ccc([N+](=O)[O-])cc1C2=O. The van der Waals surface area contributed by atoms with Gasteiger partial charge in [0.2, 0.25) is 0 Å². The van der Waals surface area contributed by atoms with Gasteiger partial charge in [-0.05, 0) is 17.3 Å². The molecule has 0 atom stereocenters. The van der Waals surface area contributed by atoms with Gasteiger partial charge in [-0.3, -0.25) is 25.0 Å². The molecule has 0 unspecified atom stereocenters. The lowest BCUT2D eigenvalue weighted by Crippen LogP contribution is -1.97. The maximum Gasteiger partial charge on any atom is 0.280 e. The second-order valence-electron chi connectivity index (χ2n) is 4.55. The van der Waals surface area contributed by atoms with E-state index in [1.165, 1.54) is 6.07 Å². The van der Waals surface area contributed by atoms with Crippen LogP contribution in [-0.4, -0.2) is 15.6 Å². The van der Waals surface area contributed by atoms with Crippen molar-refractivity contribution in [3.8, 4) is 11.1 Å². The Bertz CT molecular complexity index is 890. The molecule has 0 aliphatic heterocycles. The highest BCUT2D eigenvalue weighted by Gasteiger charge is 2.35. The molecule has 9 heteroatoms. The number of nitro benzene ring substituents is 2. The molecule has 0 heterocycles. The van der Waals surface area contributed by atoms with Crippen LogP contribution in [-0.2, 0) is 0 Å². The molecular formula is C13H5N3O6. The lowest BCUT2D eigenvalue weighted by Gasteiger charge is -2.02. The van der Waals surface area contributed by atoms with Gasteiger partial charge >= 0.3 is 0 Å². The summed E-state index contributed by atoms with van der Waals surface area (Å²) in [5, 5.41) is 24.6. The van der Waals surface area contributed by atoms with Crippen LogP contribution >= 0.6 is 0 Å². The monoisotopic (exact) mass is 299 g/mol. The molecule has 0 spiro atoms. The fraction of sp³-hybridized carbons (Fsp3) is 0. The summed E-state index contributed by atoms with van der Waals surface area (Å²) in [5.74, 6) is -0.609. The minimum absolute atomic E-state index is 0.00431. The lowest BCUT2D eigenvalue weighted by atomic mass is 10.0. The maximum atomic E-state index is 12.3. The van der Waals surface area contributed by atoms with Crippen molar-refractivity contribution >= 4 is 22.8 Å². The number of rotatable bonds is 3. The summed E-state index contributed by atoms with van der Waals surface area (Å²) in [4.78, 5) is 43.5. The maximum absolute atomic E-state index is 12.3. The minimum atomic E-state index is -0.725. The highest BCUT2D eigenvalue weighted by atomic mass is 16.6. The smallest absolute Gasteiger partial charge is 0.280 e. The molecule has 0 radical (unpaired) electrons. The third-order valence-electron chi connectivity index (χ3n) is 3.38. The van der Waals surface area contributed by atoms with Crippen LogP contribution in [0.5, 0.6) is 0 Å². The summed E-state index contributed by atoms with van der Waals surface area (Å²) in [6, 6.07) is 5.63. The molecule has 22 heavy (non-hydrogen) atoms. The Morgan fingerprint density at radius 2 is 1.64 bits per heavy atom. The molecule has 2 aromatic carbocycles. The Hall–Kier alpha value is -3.49. The number of ketones is 1. The molecule has 0 amide bonds. The van der Waals surface area contributed by atoms with E-state index in [9.17, 15) is 29.9 Å². The van der Waals surface area contributed by atoms with Gasteiger partial charge in [0.1, 0.15) is 5.69 Å². The van der Waals surface area contributed by atoms with Crippen molar-refractivity contribution in [2.45, 2.75) is 0 Å². The summed E-state index contributed by atoms with van der Waals surface area (Å²) in [6.07, 6.45) is 0. The van der Waals surface area contributed by atoms with Gasteiger partial charge in [0.15, 0.2) is 5.78 Å². The van der Waals surface area contributed by atoms with Gasteiger partial charge in [0, 0.05) is 34.9 Å². The van der Waals surface area contributed by atoms with E-state index >= 15 is 0 Å². The molecule has 0 saturated carbocycles. The quantitative estimate of drug-likeness (QED) is 0.414. The predicted molar refractivity (Wildman–Crippen MR) is 74.1 cm³/mol. The Balaban J connectivity index is 2.35. The van der Waals surface area contributed by atoms with Crippen molar-refractivity contribution < 1.29 is 14.6 Å². The molecule has 3 rings (SSSR count). The van der Waals surface area contributed by atoms with E-state index in [1.807, 2.05) is 0 Å². The Kier molecular flexibility index (Phi) is 2.77. The number of nitro groups is 2. The van der Waals surface area contributed by atoms with Crippen LogP contribution in [0.15, 0.2) is 35.5 Å². The van der Waals surface area contributed by atoms with Crippen molar-refractivity contribution in [1.29, 1.82) is 0 Å². The number of non-ortho nitro benzene ring substituents is 1. The van der Waals surface area contributed by atoms with E-state index < -0.39 is 21.3 Å². The van der Waals surface area contributed by atoms with Crippen LogP contribution in [0.4, 0.5) is 17.1 Å². The summed E-state index contributed by atoms with van der Waals surface area (Å²) < 4.78 is 0. The first-order chi connectivity index (χ1) is 10.4. The van der Waals surface area contributed by atoms with E-state index in [1.54, 1.807) is 0 Å². The highest BCUT2D eigenvalue weighted by molar-refractivity contribution is 6.23. The Labute approximate surface area is 121 Å². The number of carbonyl (C=O) groups is 1. The number of hydrogen-bond acceptors (Lipinski definition) is 7. The van der Waals surface area contributed by atoms with Gasteiger partial charge in [-0.15, -0.1) is 4.91 Å². The second-order valence-corrected chi connectivity index (χ2v) is 4.55. The van der Waals surface area contributed by atoms with Crippen LogP contribution in [0.2, 0.25) is 0 Å². The zero-order valence-corrected chi connectivity index (χ0v) is 10.7. The van der Waals surface area contributed by atoms with Crippen molar-refractivity contribution in [3.05, 3.63) is 66.6 Å². The normalized spacial score (nSPS) is 11.7. The second kappa shape index (κ2) is 4.52. The van der Waals surface area contributed by atoms with Crippen LogP contribution in [0.1, 0.15) is 15.9 Å². The van der Waals surface area contributed by atoms with Crippen molar-refractivity contribution in [3.63, 3.8) is 0 Å². The number of carbonyl (C=O) groups excluding carboxylic acids is 1. The highest BCUT2D eigenvalue weighted by Crippen LogP contribution is 2.45. The molecule has 108 valence electrons. The molecule has 0 aromatic heterocycles. The first-order valence-electron chi connectivity index (χ1n) is 5.93. The zero-order valence-electron chi connectivity index (χ0n) is 10.7. The molecule has 0 saturated heterocycles. The standard InChI is InChI=1S/C13H5N3O6/c17-13-9-5-7(15(19)20)1-2-8(9)12-10(13)3-6(14-18)4-11(12)16(21)22/h1-5H. The van der Waals surface area contributed by atoms with E-state index in [2.05, 4.69) is 5.18 Å². The zero-order chi connectivity index (χ0) is 16.0. The fourth-order valence-electron chi connectivity index (χ4n) is 2.47. The average molecular weight is 299 g/mol. The molecule has 0 N–H and O–H groups in total. The summed E-state index contributed by atoms with van der Waals surface area (Å²) >= 11 is 0. The Morgan fingerprint density at radius 1 is 0.909 bits per heavy atom. The minimum Gasteiger partial charge on any atom is -0.289 e. The van der Waals surface area contributed by atoms with E-state index in [0.717, 1.165) is 24.3 Å². The molecular weight excluding hydrogens is 294 g/mol. The van der Waals surface area contributed by atoms with Crippen molar-refractivity contribution in [2.75, 3.05) is 0 Å². The third kappa shape index (κ3) is 1.76. The first kappa shape index (κ1) is 13.5. The largest absolute Gasteiger partial charge is 0.289 e. The average Bonchev–Trinajstić information content (AvgIpc) is 2.79. The summed E-state index contributed by atoms with van der Waals surface area (Å²) in [7, 11) is 0. The lowest BCUT2D eigenvalue weighted by molar-refractivity contribution is -0.385.